The maximum absolute atomic E-state index is 13.3. The van der Waals surface area contributed by atoms with Crippen LogP contribution in [0, 0.1) is 6.92 Å². The van der Waals surface area contributed by atoms with Gasteiger partial charge in [0.15, 0.2) is 0 Å². The van der Waals surface area contributed by atoms with Gasteiger partial charge in [-0.1, -0.05) is 48.5 Å². The van der Waals surface area contributed by atoms with Crippen molar-refractivity contribution >= 4 is 23.3 Å². The van der Waals surface area contributed by atoms with Crippen molar-refractivity contribution < 1.29 is 14.3 Å². The van der Waals surface area contributed by atoms with E-state index in [1.165, 1.54) is 7.11 Å². The smallest absolute Gasteiger partial charge is 0.339 e. The Balaban J connectivity index is 2.22. The van der Waals surface area contributed by atoms with Crippen LogP contribution in [0.5, 0.6) is 0 Å². The number of carbonyl (C=O) groups excluding carboxylic acids is 2. The molecule has 3 aromatic rings. The first-order valence-corrected chi connectivity index (χ1v) is 8.26. The van der Waals surface area contributed by atoms with Crippen LogP contribution < -0.4 is 4.90 Å². The van der Waals surface area contributed by atoms with Crippen molar-refractivity contribution in [2.24, 2.45) is 0 Å². The minimum absolute atomic E-state index is 0.212. The Labute approximate surface area is 152 Å². The van der Waals surface area contributed by atoms with Crippen LogP contribution in [0.3, 0.4) is 0 Å². The lowest BCUT2D eigenvalue weighted by molar-refractivity contribution is 0.0601. The number of amides is 1. The summed E-state index contributed by atoms with van der Waals surface area (Å²) >= 11 is 0. The van der Waals surface area contributed by atoms with Crippen LogP contribution in [0.1, 0.15) is 26.3 Å². The third kappa shape index (κ3) is 3.35. The van der Waals surface area contributed by atoms with Crippen molar-refractivity contribution in [2.75, 3.05) is 12.0 Å². The molecule has 0 heterocycles. The normalized spacial score (nSPS) is 10.2. The predicted molar refractivity (Wildman–Crippen MR) is 102 cm³/mol. The van der Waals surface area contributed by atoms with Gasteiger partial charge in [0.1, 0.15) is 0 Å². The van der Waals surface area contributed by atoms with E-state index in [0.29, 0.717) is 16.8 Å². The molecule has 0 N–H and O–H groups in total. The van der Waals surface area contributed by atoms with Crippen molar-refractivity contribution in [1.82, 2.24) is 0 Å². The molecule has 26 heavy (non-hydrogen) atoms. The van der Waals surface area contributed by atoms with Gasteiger partial charge in [-0.25, -0.2) is 4.79 Å². The summed E-state index contributed by atoms with van der Waals surface area (Å²) in [7, 11) is 1.33. The van der Waals surface area contributed by atoms with E-state index in [-0.39, 0.29) is 5.91 Å². The van der Waals surface area contributed by atoms with Gasteiger partial charge in [0, 0.05) is 5.56 Å². The van der Waals surface area contributed by atoms with Gasteiger partial charge < -0.3 is 4.74 Å². The zero-order valence-electron chi connectivity index (χ0n) is 14.7. The molecular formula is C22H19NO3. The van der Waals surface area contributed by atoms with E-state index in [1.54, 1.807) is 41.3 Å². The lowest BCUT2D eigenvalue weighted by atomic mass is 10.1. The van der Waals surface area contributed by atoms with Crippen LogP contribution in [-0.2, 0) is 4.74 Å². The van der Waals surface area contributed by atoms with E-state index >= 15 is 0 Å². The van der Waals surface area contributed by atoms with E-state index in [9.17, 15) is 9.59 Å². The highest BCUT2D eigenvalue weighted by molar-refractivity contribution is 6.14. The highest BCUT2D eigenvalue weighted by Crippen LogP contribution is 2.33. The molecule has 3 rings (SSSR count). The summed E-state index contributed by atoms with van der Waals surface area (Å²) < 4.78 is 4.90. The highest BCUT2D eigenvalue weighted by Gasteiger charge is 2.25. The molecule has 0 aliphatic heterocycles. The van der Waals surface area contributed by atoms with Crippen molar-refractivity contribution in [2.45, 2.75) is 6.92 Å². The molecule has 0 atom stereocenters. The number of carbonyl (C=O) groups is 2. The third-order valence-electron chi connectivity index (χ3n) is 4.13. The lowest BCUT2D eigenvalue weighted by Gasteiger charge is -2.26. The fourth-order valence-electron chi connectivity index (χ4n) is 2.82. The van der Waals surface area contributed by atoms with E-state index in [2.05, 4.69) is 0 Å². The quantitative estimate of drug-likeness (QED) is 0.641. The van der Waals surface area contributed by atoms with Gasteiger partial charge in [-0.3, -0.25) is 9.69 Å². The summed E-state index contributed by atoms with van der Waals surface area (Å²) in [4.78, 5) is 27.2. The molecule has 0 bridgehead atoms. The zero-order valence-corrected chi connectivity index (χ0v) is 14.7. The molecule has 0 unspecified atom stereocenters. The fourth-order valence-corrected chi connectivity index (χ4v) is 2.82. The topological polar surface area (TPSA) is 46.6 Å². The molecule has 130 valence electrons. The minimum Gasteiger partial charge on any atom is -0.465 e. The first kappa shape index (κ1) is 17.4. The average molecular weight is 345 g/mol. The van der Waals surface area contributed by atoms with Crippen LogP contribution in [0.4, 0.5) is 11.4 Å². The molecule has 0 saturated carbocycles. The maximum Gasteiger partial charge on any atom is 0.339 e. The molecule has 0 spiro atoms. The number of methoxy groups -OCH3 is 1. The van der Waals surface area contributed by atoms with E-state index < -0.39 is 5.97 Å². The summed E-state index contributed by atoms with van der Waals surface area (Å²) in [5.41, 5.74) is 3.01. The van der Waals surface area contributed by atoms with Gasteiger partial charge in [-0.15, -0.1) is 0 Å². The van der Waals surface area contributed by atoms with E-state index in [4.69, 9.17) is 4.74 Å². The van der Waals surface area contributed by atoms with Crippen LogP contribution in [0.25, 0.3) is 0 Å². The summed E-state index contributed by atoms with van der Waals surface area (Å²) in [5.74, 6) is -0.698. The molecular weight excluding hydrogens is 326 g/mol. The number of para-hydroxylation sites is 2. The Kier molecular flexibility index (Phi) is 5.13. The molecule has 4 nitrogen and oxygen atoms in total. The molecule has 0 saturated heterocycles. The second kappa shape index (κ2) is 7.66. The molecule has 4 heteroatoms. The lowest BCUT2D eigenvalue weighted by Crippen LogP contribution is -2.28. The number of hydrogen-bond acceptors (Lipinski definition) is 3. The van der Waals surface area contributed by atoms with Gasteiger partial charge in [0.05, 0.1) is 24.0 Å². The molecule has 0 fully saturated rings. The van der Waals surface area contributed by atoms with Crippen molar-refractivity contribution in [3.63, 3.8) is 0 Å². The number of ether oxygens (including phenoxy) is 1. The fraction of sp³-hybridized carbons (Fsp3) is 0.0909. The van der Waals surface area contributed by atoms with Crippen molar-refractivity contribution in [1.29, 1.82) is 0 Å². The number of rotatable bonds is 4. The SMILES string of the molecule is COC(=O)c1ccccc1N(C(=O)c1ccccc1)c1ccccc1C. The predicted octanol–water partition coefficient (Wildman–Crippen LogP) is 4.76. The Morgan fingerprint density at radius 1 is 0.769 bits per heavy atom. The van der Waals surface area contributed by atoms with Crippen LogP contribution >= 0.6 is 0 Å². The zero-order chi connectivity index (χ0) is 18.5. The monoisotopic (exact) mass is 345 g/mol. The highest BCUT2D eigenvalue weighted by atomic mass is 16.5. The number of aryl methyl sites for hydroxylation is 1. The van der Waals surface area contributed by atoms with Crippen molar-refractivity contribution in [3.8, 4) is 0 Å². The number of esters is 1. The number of anilines is 2. The number of hydrogen-bond donors (Lipinski definition) is 0. The average Bonchev–Trinajstić information content (AvgIpc) is 2.70. The minimum atomic E-state index is -0.486. The number of benzene rings is 3. The molecule has 0 aliphatic rings. The Morgan fingerprint density at radius 3 is 2.00 bits per heavy atom. The Hall–Kier alpha value is -3.40. The van der Waals surface area contributed by atoms with E-state index in [0.717, 1.165) is 11.3 Å². The molecule has 3 aromatic carbocycles. The summed E-state index contributed by atoms with van der Waals surface area (Å²) in [6.45, 7) is 1.93. The summed E-state index contributed by atoms with van der Waals surface area (Å²) in [6, 6.07) is 23.5. The first-order valence-electron chi connectivity index (χ1n) is 8.26. The maximum atomic E-state index is 13.3. The van der Waals surface area contributed by atoms with Gasteiger partial charge in [-0.2, -0.15) is 0 Å². The molecule has 0 aromatic heterocycles. The molecule has 1 amide bonds. The van der Waals surface area contributed by atoms with Crippen LogP contribution in [0.15, 0.2) is 78.9 Å². The summed E-state index contributed by atoms with van der Waals surface area (Å²) in [5, 5.41) is 0. The van der Waals surface area contributed by atoms with E-state index in [1.807, 2.05) is 49.4 Å². The molecule has 0 radical (unpaired) electrons. The Bertz CT molecular complexity index is 935. The van der Waals surface area contributed by atoms with Crippen molar-refractivity contribution in [3.05, 3.63) is 95.6 Å². The van der Waals surface area contributed by atoms with Gasteiger partial charge in [0.25, 0.3) is 5.91 Å². The second-order valence-electron chi connectivity index (χ2n) is 5.80. The Morgan fingerprint density at radius 2 is 1.35 bits per heavy atom. The van der Waals surface area contributed by atoms with Gasteiger partial charge in [-0.05, 0) is 42.8 Å². The summed E-state index contributed by atoms with van der Waals surface area (Å²) in [6.07, 6.45) is 0. The standard InChI is InChI=1S/C22H19NO3/c1-16-10-6-8-14-19(16)23(21(24)17-11-4-3-5-12-17)20-15-9-7-13-18(20)22(25)26-2/h3-15H,1-2H3. The third-order valence-corrected chi connectivity index (χ3v) is 4.13. The van der Waals surface area contributed by atoms with Gasteiger partial charge in [0.2, 0.25) is 0 Å². The molecule has 0 aliphatic carbocycles. The largest absolute Gasteiger partial charge is 0.465 e. The van der Waals surface area contributed by atoms with Gasteiger partial charge >= 0.3 is 5.97 Å². The number of nitrogens with zero attached hydrogens (tertiary/aromatic N) is 1. The van der Waals surface area contributed by atoms with Crippen LogP contribution in [-0.4, -0.2) is 19.0 Å². The second-order valence-corrected chi connectivity index (χ2v) is 5.80. The first-order chi connectivity index (χ1) is 12.6. The van der Waals surface area contributed by atoms with Crippen LogP contribution in [0.2, 0.25) is 0 Å².